The summed E-state index contributed by atoms with van der Waals surface area (Å²) < 4.78 is 11.2. The largest absolute Gasteiger partial charge is 0.486 e. The Labute approximate surface area is 162 Å². The first-order valence-corrected chi connectivity index (χ1v) is 9.00. The molecule has 3 aromatic rings. The summed E-state index contributed by atoms with van der Waals surface area (Å²) >= 11 is 6.02. The van der Waals surface area contributed by atoms with Gasteiger partial charge >= 0.3 is 0 Å². The maximum absolute atomic E-state index is 6.02. The van der Waals surface area contributed by atoms with Crippen molar-refractivity contribution in [2.75, 3.05) is 23.8 Å². The fraction of sp³-hybridized carbons (Fsp3) is 0.200. The molecule has 0 amide bonds. The van der Waals surface area contributed by atoms with E-state index in [9.17, 15) is 0 Å². The zero-order valence-corrected chi connectivity index (χ0v) is 15.8. The van der Waals surface area contributed by atoms with Crippen LogP contribution < -0.4 is 20.1 Å². The van der Waals surface area contributed by atoms with E-state index in [1.54, 1.807) is 0 Å². The lowest BCUT2D eigenvalue weighted by Gasteiger charge is -2.19. The number of aryl methyl sites for hydroxylation is 2. The molecule has 0 unspecified atom stereocenters. The van der Waals surface area contributed by atoms with Crippen LogP contribution >= 0.6 is 11.6 Å². The minimum atomic E-state index is 0.514. The number of aromatic nitrogens is 2. The molecule has 0 spiro atoms. The molecule has 2 heterocycles. The molecule has 1 aliphatic heterocycles. The van der Waals surface area contributed by atoms with Crippen molar-refractivity contribution in [3.63, 3.8) is 0 Å². The molecule has 4 rings (SSSR count). The number of fused-ring (bicyclic) bond motifs is 1. The third-order valence-electron chi connectivity index (χ3n) is 4.10. The average molecular weight is 383 g/mol. The summed E-state index contributed by atoms with van der Waals surface area (Å²) in [5.41, 5.74) is 3.65. The molecule has 0 bridgehead atoms. The van der Waals surface area contributed by atoms with E-state index in [1.165, 1.54) is 0 Å². The minimum absolute atomic E-state index is 0.514. The Hall–Kier alpha value is -2.99. The highest BCUT2D eigenvalue weighted by Crippen LogP contribution is 2.33. The lowest BCUT2D eigenvalue weighted by molar-refractivity contribution is 0.171. The monoisotopic (exact) mass is 382 g/mol. The van der Waals surface area contributed by atoms with Crippen LogP contribution in [0.2, 0.25) is 5.02 Å². The van der Waals surface area contributed by atoms with Crippen molar-refractivity contribution < 1.29 is 9.47 Å². The predicted molar refractivity (Wildman–Crippen MR) is 107 cm³/mol. The summed E-state index contributed by atoms with van der Waals surface area (Å²) in [5.74, 6) is 2.69. The summed E-state index contributed by atoms with van der Waals surface area (Å²) in [4.78, 5) is 9.03. The first-order chi connectivity index (χ1) is 13.1. The van der Waals surface area contributed by atoms with E-state index in [-0.39, 0.29) is 0 Å². The van der Waals surface area contributed by atoms with Gasteiger partial charge in [0.1, 0.15) is 19.0 Å². The van der Waals surface area contributed by atoms with Crippen LogP contribution in [0.1, 0.15) is 11.3 Å². The molecule has 1 aliphatic rings. The van der Waals surface area contributed by atoms with Crippen molar-refractivity contribution in [2.24, 2.45) is 0 Å². The standard InChI is InChI=1S/C20H19ClN4O2/c1-12-9-14(21)3-5-16(12)24-20-22-13(2)10-19(25-20)23-15-4-6-17-18(11-15)27-8-7-26-17/h3-6,9-11H,7-8H2,1-2H3,(H2,22,23,24,25). The van der Waals surface area contributed by atoms with Crippen molar-refractivity contribution in [1.29, 1.82) is 0 Å². The number of anilines is 4. The van der Waals surface area contributed by atoms with Crippen molar-refractivity contribution in [1.82, 2.24) is 9.97 Å². The van der Waals surface area contributed by atoms with Crippen molar-refractivity contribution >= 4 is 34.7 Å². The molecule has 6 nitrogen and oxygen atoms in total. The SMILES string of the molecule is Cc1cc(Nc2ccc3c(c2)OCCO3)nc(Nc2ccc(Cl)cc2C)n1. The second-order valence-electron chi connectivity index (χ2n) is 6.29. The molecule has 0 aliphatic carbocycles. The van der Waals surface area contributed by atoms with Crippen molar-refractivity contribution in [3.8, 4) is 11.5 Å². The van der Waals surface area contributed by atoms with Gasteiger partial charge in [-0.05, 0) is 49.7 Å². The van der Waals surface area contributed by atoms with Crippen LogP contribution in [0.25, 0.3) is 0 Å². The lowest BCUT2D eigenvalue weighted by Crippen LogP contribution is -2.15. The predicted octanol–water partition coefficient (Wildman–Crippen LogP) is 5.01. The topological polar surface area (TPSA) is 68.3 Å². The molecular formula is C20H19ClN4O2. The Morgan fingerprint density at radius 2 is 1.70 bits per heavy atom. The Balaban J connectivity index is 1.57. The van der Waals surface area contributed by atoms with Gasteiger partial charge in [-0.2, -0.15) is 4.98 Å². The number of ether oxygens (including phenoxy) is 2. The van der Waals surface area contributed by atoms with Crippen LogP contribution in [0.4, 0.5) is 23.1 Å². The van der Waals surface area contributed by atoms with Crippen LogP contribution in [0, 0.1) is 13.8 Å². The fourth-order valence-electron chi connectivity index (χ4n) is 2.85. The summed E-state index contributed by atoms with van der Waals surface area (Å²) in [7, 11) is 0. The van der Waals surface area contributed by atoms with Crippen LogP contribution in [0.5, 0.6) is 11.5 Å². The van der Waals surface area contributed by atoms with Crippen LogP contribution in [-0.4, -0.2) is 23.2 Å². The molecule has 0 saturated heterocycles. The van der Waals surface area contributed by atoms with Crippen molar-refractivity contribution in [2.45, 2.75) is 13.8 Å². The maximum Gasteiger partial charge on any atom is 0.229 e. The van der Waals surface area contributed by atoms with E-state index >= 15 is 0 Å². The van der Waals surface area contributed by atoms with Gasteiger partial charge in [-0.15, -0.1) is 0 Å². The summed E-state index contributed by atoms with van der Waals surface area (Å²) in [6.45, 7) is 5.04. The highest BCUT2D eigenvalue weighted by Gasteiger charge is 2.12. The molecule has 2 N–H and O–H groups in total. The van der Waals surface area contributed by atoms with Crippen LogP contribution in [0.15, 0.2) is 42.5 Å². The minimum Gasteiger partial charge on any atom is -0.486 e. The van der Waals surface area contributed by atoms with Crippen LogP contribution in [0.3, 0.4) is 0 Å². The van der Waals surface area contributed by atoms with Gasteiger partial charge in [-0.25, -0.2) is 4.98 Å². The number of benzene rings is 2. The van der Waals surface area contributed by atoms with Crippen molar-refractivity contribution in [3.05, 3.63) is 58.7 Å². The number of nitrogens with zero attached hydrogens (tertiary/aromatic N) is 2. The molecule has 138 valence electrons. The Morgan fingerprint density at radius 3 is 2.52 bits per heavy atom. The first kappa shape index (κ1) is 17.4. The van der Waals surface area contributed by atoms with Gasteiger partial charge in [0.15, 0.2) is 11.5 Å². The highest BCUT2D eigenvalue weighted by molar-refractivity contribution is 6.30. The summed E-state index contributed by atoms with van der Waals surface area (Å²) in [6, 6.07) is 13.3. The molecule has 2 aromatic carbocycles. The Kier molecular flexibility index (Phi) is 4.73. The van der Waals surface area contributed by atoms with Gasteiger partial charge in [0.2, 0.25) is 5.95 Å². The average Bonchev–Trinajstić information content (AvgIpc) is 2.63. The normalized spacial score (nSPS) is 12.6. The Morgan fingerprint density at radius 1 is 0.889 bits per heavy atom. The van der Waals surface area contributed by atoms with Gasteiger partial charge in [0.05, 0.1) is 0 Å². The molecule has 27 heavy (non-hydrogen) atoms. The van der Waals surface area contributed by atoms with Gasteiger partial charge < -0.3 is 20.1 Å². The van der Waals surface area contributed by atoms with E-state index in [1.807, 2.05) is 56.3 Å². The van der Waals surface area contributed by atoms with Gasteiger partial charge in [0.25, 0.3) is 0 Å². The zero-order valence-electron chi connectivity index (χ0n) is 15.0. The third kappa shape index (κ3) is 4.06. The maximum atomic E-state index is 6.02. The molecule has 0 saturated carbocycles. The number of hydrogen-bond donors (Lipinski definition) is 2. The van der Waals surface area contributed by atoms with E-state index < -0.39 is 0 Å². The number of rotatable bonds is 4. The van der Waals surface area contributed by atoms with Crippen LogP contribution in [-0.2, 0) is 0 Å². The third-order valence-corrected chi connectivity index (χ3v) is 4.34. The molecule has 0 radical (unpaired) electrons. The number of nitrogens with one attached hydrogen (secondary N) is 2. The summed E-state index contributed by atoms with van der Waals surface area (Å²) in [5, 5.41) is 7.25. The van der Waals surface area contributed by atoms with E-state index in [0.717, 1.165) is 34.1 Å². The van der Waals surface area contributed by atoms with Gasteiger partial charge in [-0.1, -0.05) is 11.6 Å². The van der Waals surface area contributed by atoms with Gasteiger partial charge in [0, 0.05) is 34.2 Å². The zero-order chi connectivity index (χ0) is 18.8. The first-order valence-electron chi connectivity index (χ1n) is 8.62. The number of halogens is 1. The highest BCUT2D eigenvalue weighted by atomic mass is 35.5. The fourth-order valence-corrected chi connectivity index (χ4v) is 3.07. The molecule has 1 aromatic heterocycles. The van der Waals surface area contributed by atoms with E-state index in [4.69, 9.17) is 21.1 Å². The molecule has 7 heteroatoms. The molecule has 0 fully saturated rings. The van der Waals surface area contributed by atoms with E-state index in [2.05, 4.69) is 20.6 Å². The second kappa shape index (κ2) is 7.32. The van der Waals surface area contributed by atoms with E-state index in [0.29, 0.717) is 30.0 Å². The molecule has 0 atom stereocenters. The number of hydrogen-bond acceptors (Lipinski definition) is 6. The Bertz CT molecular complexity index is 994. The summed E-state index contributed by atoms with van der Waals surface area (Å²) in [6.07, 6.45) is 0. The quantitative estimate of drug-likeness (QED) is 0.661. The van der Waals surface area contributed by atoms with Gasteiger partial charge in [-0.3, -0.25) is 0 Å². The smallest absolute Gasteiger partial charge is 0.229 e. The lowest BCUT2D eigenvalue weighted by atomic mass is 10.2. The second-order valence-corrected chi connectivity index (χ2v) is 6.72. The molecular weight excluding hydrogens is 364 g/mol.